The van der Waals surface area contributed by atoms with E-state index in [1.54, 1.807) is 6.20 Å². The molecule has 0 N–H and O–H groups in total. The van der Waals surface area contributed by atoms with Gasteiger partial charge >= 0.3 is 0 Å². The van der Waals surface area contributed by atoms with Gasteiger partial charge in [-0.1, -0.05) is 66.7 Å². The molecule has 0 spiro atoms. The Hall–Kier alpha value is -4.37. The number of benzene rings is 4. The Morgan fingerprint density at radius 3 is 1.48 bits per heavy atom. The van der Waals surface area contributed by atoms with Crippen LogP contribution in [0.2, 0.25) is 0 Å². The van der Waals surface area contributed by atoms with Crippen molar-refractivity contribution in [3.8, 4) is 44.9 Å². The summed E-state index contributed by atoms with van der Waals surface area (Å²) in [5.41, 5.74) is 10.5. The summed E-state index contributed by atoms with van der Waals surface area (Å²) in [5, 5.41) is 0. The standard InChI is InChI=1S/C18H14N.C12H10N.C11H8N.2Ir/c1-14-7-5-12-18(19-14)17-11-6-10-16(13-17)15-8-3-2-4-9-15;1-10-6-5-9-12(13-10)11-7-3-2-4-8-11;1-2-6-10(7-3-1)11-8-4-5-9-12-11;;/h2-10,12-13H,1H3;2-7,9H,1H3;1-6,8-9H;;/q3*-1;;. The molecule has 0 aliphatic rings. The molecular weight excluding hydrogens is 919 g/mol. The van der Waals surface area contributed by atoms with Crippen LogP contribution < -0.4 is 0 Å². The molecule has 2 radical (unpaired) electrons. The number of rotatable bonds is 4. The maximum atomic E-state index is 4.55. The van der Waals surface area contributed by atoms with Gasteiger partial charge in [-0.15, -0.1) is 107 Å². The van der Waals surface area contributed by atoms with Gasteiger partial charge in [-0.3, -0.25) is 0 Å². The van der Waals surface area contributed by atoms with Crippen LogP contribution >= 0.6 is 0 Å². The van der Waals surface area contributed by atoms with Crippen molar-refractivity contribution in [3.63, 3.8) is 0 Å². The van der Waals surface area contributed by atoms with E-state index in [2.05, 4.69) is 69.5 Å². The molecule has 3 heterocycles. The van der Waals surface area contributed by atoms with E-state index in [0.29, 0.717) is 0 Å². The smallest absolute Gasteiger partial charge is 0.0266 e. The Morgan fingerprint density at radius 2 is 0.935 bits per heavy atom. The Kier molecular flexibility index (Phi) is 15.1. The summed E-state index contributed by atoms with van der Waals surface area (Å²) in [7, 11) is 0. The second-order valence-corrected chi connectivity index (χ2v) is 9.95. The van der Waals surface area contributed by atoms with Crippen molar-refractivity contribution in [1.82, 2.24) is 15.0 Å². The van der Waals surface area contributed by atoms with E-state index >= 15 is 0 Å². The first-order valence-corrected chi connectivity index (χ1v) is 14.5. The zero-order chi connectivity index (χ0) is 30.4. The SMILES string of the molecule is Cc1cccc(-c2[c-]ccc(-c3ccccc3)c2)n1.Cc1cccc(-c2[c-]cccc2)n1.[Ir].[Ir].[c-]1ccccc1-c1ccccn1. The number of aromatic nitrogens is 3. The molecule has 0 atom stereocenters. The Bertz CT molecular complexity index is 1830. The van der Waals surface area contributed by atoms with Gasteiger partial charge in [0.05, 0.1) is 0 Å². The molecule has 0 unspecified atom stereocenters. The molecular formula is C41H32Ir2N3-3. The van der Waals surface area contributed by atoms with E-state index in [9.17, 15) is 0 Å². The van der Waals surface area contributed by atoms with E-state index in [-0.39, 0.29) is 40.2 Å². The first-order chi connectivity index (χ1) is 21.7. The predicted molar refractivity (Wildman–Crippen MR) is 180 cm³/mol. The maximum Gasteiger partial charge on any atom is 0.0266 e. The van der Waals surface area contributed by atoms with E-state index in [1.807, 2.05) is 129 Å². The fourth-order valence-corrected chi connectivity index (χ4v) is 4.44. The van der Waals surface area contributed by atoms with Gasteiger partial charge in [-0.05, 0) is 54.7 Å². The molecule has 232 valence electrons. The molecule has 46 heavy (non-hydrogen) atoms. The molecule has 0 saturated carbocycles. The van der Waals surface area contributed by atoms with Crippen LogP contribution in [0.15, 0.2) is 158 Å². The predicted octanol–water partition coefficient (Wildman–Crippen LogP) is 9.93. The monoisotopic (exact) mass is 952 g/mol. The number of nitrogens with zero attached hydrogens (tertiary/aromatic N) is 3. The van der Waals surface area contributed by atoms with Crippen molar-refractivity contribution in [2.24, 2.45) is 0 Å². The third-order valence-electron chi connectivity index (χ3n) is 6.60. The quantitative estimate of drug-likeness (QED) is 0.165. The molecule has 7 aromatic rings. The normalized spacial score (nSPS) is 9.61. The van der Waals surface area contributed by atoms with Crippen LogP contribution in [0.5, 0.6) is 0 Å². The van der Waals surface area contributed by atoms with Crippen molar-refractivity contribution in [2.45, 2.75) is 13.8 Å². The summed E-state index contributed by atoms with van der Waals surface area (Å²) in [4.78, 5) is 13.2. The van der Waals surface area contributed by atoms with Gasteiger partial charge < -0.3 is 15.0 Å². The van der Waals surface area contributed by atoms with Crippen LogP contribution in [-0.2, 0) is 40.2 Å². The van der Waals surface area contributed by atoms with Crippen LogP contribution in [-0.4, -0.2) is 15.0 Å². The van der Waals surface area contributed by atoms with Crippen LogP contribution in [0.1, 0.15) is 11.4 Å². The average Bonchev–Trinajstić information content (AvgIpc) is 3.10. The minimum Gasteiger partial charge on any atom is -0.305 e. The molecule has 0 bridgehead atoms. The summed E-state index contributed by atoms with van der Waals surface area (Å²) in [6.07, 6.45) is 1.79. The van der Waals surface area contributed by atoms with Gasteiger partial charge in [0.1, 0.15) is 0 Å². The van der Waals surface area contributed by atoms with Gasteiger partial charge in [-0.25, -0.2) is 0 Å². The molecule has 7 rings (SSSR count). The average molecular weight is 951 g/mol. The summed E-state index contributed by atoms with van der Waals surface area (Å²) in [6, 6.07) is 59.7. The number of pyridine rings is 3. The van der Waals surface area contributed by atoms with Crippen LogP contribution in [0.4, 0.5) is 0 Å². The second kappa shape index (κ2) is 19.2. The number of hydrogen-bond acceptors (Lipinski definition) is 3. The molecule has 0 amide bonds. The van der Waals surface area contributed by atoms with Crippen molar-refractivity contribution in [1.29, 1.82) is 0 Å². The van der Waals surface area contributed by atoms with E-state index < -0.39 is 0 Å². The van der Waals surface area contributed by atoms with Gasteiger partial charge in [0.15, 0.2) is 0 Å². The first-order valence-electron chi connectivity index (χ1n) is 14.5. The molecule has 0 fully saturated rings. The molecule has 3 nitrogen and oxygen atoms in total. The second-order valence-electron chi connectivity index (χ2n) is 9.95. The zero-order valence-corrected chi connectivity index (χ0v) is 30.3. The van der Waals surface area contributed by atoms with E-state index in [1.165, 1.54) is 11.1 Å². The third kappa shape index (κ3) is 10.9. The summed E-state index contributed by atoms with van der Waals surface area (Å²) in [6.45, 7) is 4.00. The van der Waals surface area contributed by atoms with Crippen molar-refractivity contribution < 1.29 is 40.2 Å². The Labute approximate surface area is 299 Å². The summed E-state index contributed by atoms with van der Waals surface area (Å²) < 4.78 is 0. The van der Waals surface area contributed by atoms with Crippen molar-refractivity contribution >= 4 is 0 Å². The first kappa shape index (κ1) is 36.1. The van der Waals surface area contributed by atoms with Crippen LogP contribution in [0, 0.1) is 32.0 Å². The molecule has 4 aromatic carbocycles. The van der Waals surface area contributed by atoms with Gasteiger partial charge in [-0.2, -0.15) is 0 Å². The van der Waals surface area contributed by atoms with E-state index in [0.717, 1.165) is 45.2 Å². The van der Waals surface area contributed by atoms with Crippen LogP contribution in [0.25, 0.3) is 44.9 Å². The minimum absolute atomic E-state index is 0. The summed E-state index contributed by atoms with van der Waals surface area (Å²) >= 11 is 0. The van der Waals surface area contributed by atoms with Crippen LogP contribution in [0.3, 0.4) is 0 Å². The zero-order valence-electron chi connectivity index (χ0n) is 25.5. The number of hydrogen-bond donors (Lipinski definition) is 0. The fraction of sp³-hybridized carbons (Fsp3) is 0.0488. The Balaban J connectivity index is 0.000000190. The van der Waals surface area contributed by atoms with Crippen molar-refractivity contribution in [2.75, 3.05) is 0 Å². The summed E-state index contributed by atoms with van der Waals surface area (Å²) in [5.74, 6) is 0. The minimum atomic E-state index is 0. The number of aryl methyl sites for hydroxylation is 2. The van der Waals surface area contributed by atoms with E-state index in [4.69, 9.17) is 0 Å². The third-order valence-corrected chi connectivity index (χ3v) is 6.60. The molecule has 5 heteroatoms. The molecule has 0 aliphatic heterocycles. The Morgan fingerprint density at radius 1 is 0.413 bits per heavy atom. The topological polar surface area (TPSA) is 38.7 Å². The molecule has 0 saturated heterocycles. The largest absolute Gasteiger partial charge is 0.305 e. The van der Waals surface area contributed by atoms with Gasteiger partial charge in [0, 0.05) is 57.8 Å². The van der Waals surface area contributed by atoms with Crippen molar-refractivity contribution in [3.05, 3.63) is 187 Å². The molecule has 3 aromatic heterocycles. The maximum absolute atomic E-state index is 4.55. The van der Waals surface area contributed by atoms with Gasteiger partial charge in [0.2, 0.25) is 0 Å². The molecule has 0 aliphatic carbocycles. The van der Waals surface area contributed by atoms with Gasteiger partial charge in [0.25, 0.3) is 0 Å². The fourth-order valence-electron chi connectivity index (χ4n) is 4.44.